The van der Waals surface area contributed by atoms with Gasteiger partial charge in [0.05, 0.1) is 0 Å². The van der Waals surface area contributed by atoms with Crippen LogP contribution in [0, 0.1) is 0 Å². The smallest absolute Gasteiger partial charge is 0.0446 e. The third kappa shape index (κ3) is 2.92. The van der Waals surface area contributed by atoms with Crippen molar-refractivity contribution < 1.29 is 0 Å². The molecule has 2 unspecified atom stereocenters. The molecule has 3 heteroatoms. The third-order valence-electron chi connectivity index (χ3n) is 2.68. The van der Waals surface area contributed by atoms with Gasteiger partial charge in [-0.05, 0) is 12.6 Å². The fraction of sp³-hybridized carbons (Fsp3) is 0.500. The number of rotatable bonds is 3. The van der Waals surface area contributed by atoms with Crippen molar-refractivity contribution in [1.82, 2.24) is 5.32 Å². The van der Waals surface area contributed by atoms with Crippen LogP contribution in [0.2, 0.25) is 0 Å². The summed E-state index contributed by atoms with van der Waals surface area (Å²) >= 11 is 4.19. The number of thioether (sulfide) groups is 2. The van der Waals surface area contributed by atoms with Gasteiger partial charge in [-0.2, -0.15) is 23.5 Å². The largest absolute Gasteiger partial charge is 0.312 e. The molecule has 1 aliphatic heterocycles. The van der Waals surface area contributed by atoms with Crippen molar-refractivity contribution in [2.24, 2.45) is 0 Å². The van der Waals surface area contributed by atoms with Gasteiger partial charge in [-0.25, -0.2) is 0 Å². The molecule has 0 bridgehead atoms. The quantitative estimate of drug-likeness (QED) is 0.871. The van der Waals surface area contributed by atoms with Crippen LogP contribution in [0.4, 0.5) is 0 Å². The first-order chi connectivity index (χ1) is 7.42. The Balaban J connectivity index is 2.09. The lowest BCUT2D eigenvalue weighted by molar-refractivity contribution is 0.592. The van der Waals surface area contributed by atoms with E-state index in [-0.39, 0.29) is 0 Å². The third-order valence-corrected chi connectivity index (χ3v) is 5.55. The van der Waals surface area contributed by atoms with E-state index in [0.717, 1.165) is 5.25 Å². The first-order valence-corrected chi connectivity index (χ1v) is 7.53. The summed E-state index contributed by atoms with van der Waals surface area (Å²) in [7, 11) is 2.07. The van der Waals surface area contributed by atoms with Crippen molar-refractivity contribution in [3.63, 3.8) is 0 Å². The fourth-order valence-corrected chi connectivity index (χ4v) is 4.84. The summed E-state index contributed by atoms with van der Waals surface area (Å²) < 4.78 is 0. The summed E-state index contributed by atoms with van der Waals surface area (Å²) in [6, 6.07) is 11.3. The highest BCUT2D eigenvalue weighted by atomic mass is 32.2. The molecule has 2 atom stereocenters. The maximum atomic E-state index is 3.45. The minimum absolute atomic E-state index is 0.504. The lowest BCUT2D eigenvalue weighted by Gasteiger charge is -2.29. The molecule has 82 valence electrons. The number of hydrogen-bond donors (Lipinski definition) is 1. The second kappa shape index (κ2) is 5.83. The Kier molecular flexibility index (Phi) is 4.42. The summed E-state index contributed by atoms with van der Waals surface area (Å²) in [5, 5.41) is 4.17. The van der Waals surface area contributed by atoms with Crippen LogP contribution in [0.25, 0.3) is 0 Å². The highest BCUT2D eigenvalue weighted by molar-refractivity contribution is 8.06. The molecule has 1 aliphatic rings. The molecular weight excluding hydrogens is 222 g/mol. The molecule has 0 aliphatic carbocycles. The van der Waals surface area contributed by atoms with Crippen LogP contribution in [-0.4, -0.2) is 29.6 Å². The van der Waals surface area contributed by atoms with Gasteiger partial charge >= 0.3 is 0 Å². The van der Waals surface area contributed by atoms with E-state index in [0.29, 0.717) is 6.04 Å². The first kappa shape index (κ1) is 11.4. The molecule has 0 saturated carbocycles. The van der Waals surface area contributed by atoms with Crippen LogP contribution in [0.1, 0.15) is 11.6 Å². The lowest BCUT2D eigenvalue weighted by Crippen LogP contribution is -2.31. The highest BCUT2D eigenvalue weighted by Crippen LogP contribution is 2.33. The van der Waals surface area contributed by atoms with E-state index in [1.807, 2.05) is 0 Å². The Bertz CT molecular complexity index is 283. The molecule has 0 radical (unpaired) electrons. The second-order valence-electron chi connectivity index (χ2n) is 3.66. The number of hydrogen-bond acceptors (Lipinski definition) is 3. The van der Waals surface area contributed by atoms with Gasteiger partial charge in [0, 0.05) is 28.6 Å². The molecule has 0 spiro atoms. The summed E-state index contributed by atoms with van der Waals surface area (Å²) in [5.74, 6) is 3.87. The Morgan fingerprint density at radius 3 is 2.67 bits per heavy atom. The molecule has 1 saturated heterocycles. The highest BCUT2D eigenvalue weighted by Gasteiger charge is 2.24. The SMILES string of the molecule is CNC(c1ccccc1)C1CSCCS1. The molecule has 0 amide bonds. The standard InChI is InChI=1S/C12H17NS2/c1-13-12(10-5-3-2-4-6-10)11-9-14-7-8-15-11/h2-6,11-13H,7-9H2,1H3. The van der Waals surface area contributed by atoms with Gasteiger partial charge in [0.2, 0.25) is 0 Å². The molecule has 1 N–H and O–H groups in total. The Hall–Kier alpha value is -0.120. The van der Waals surface area contributed by atoms with Gasteiger partial charge in [-0.3, -0.25) is 0 Å². The van der Waals surface area contributed by atoms with Crippen molar-refractivity contribution in [2.75, 3.05) is 24.3 Å². The molecule has 1 heterocycles. The van der Waals surface area contributed by atoms with Crippen LogP contribution >= 0.6 is 23.5 Å². The monoisotopic (exact) mass is 239 g/mol. The predicted molar refractivity (Wildman–Crippen MR) is 71.8 cm³/mol. The van der Waals surface area contributed by atoms with Crippen molar-refractivity contribution in [3.05, 3.63) is 35.9 Å². The molecule has 15 heavy (non-hydrogen) atoms. The van der Waals surface area contributed by atoms with Crippen LogP contribution in [0.5, 0.6) is 0 Å². The predicted octanol–water partition coefficient (Wildman–Crippen LogP) is 2.80. The Morgan fingerprint density at radius 1 is 1.27 bits per heavy atom. The van der Waals surface area contributed by atoms with Gasteiger partial charge in [-0.15, -0.1) is 0 Å². The molecule has 2 rings (SSSR count). The molecule has 0 aromatic heterocycles. The maximum absolute atomic E-state index is 3.45. The minimum Gasteiger partial charge on any atom is -0.312 e. The van der Waals surface area contributed by atoms with E-state index in [9.17, 15) is 0 Å². The van der Waals surface area contributed by atoms with E-state index in [2.05, 4.69) is 66.2 Å². The summed E-state index contributed by atoms with van der Waals surface area (Å²) in [5.41, 5.74) is 1.42. The van der Waals surface area contributed by atoms with E-state index in [1.54, 1.807) is 0 Å². The Labute approximate surface area is 100 Å². The number of nitrogens with one attached hydrogen (secondary N) is 1. The average Bonchev–Trinajstić information content (AvgIpc) is 2.33. The number of benzene rings is 1. The zero-order valence-electron chi connectivity index (χ0n) is 8.98. The Morgan fingerprint density at radius 2 is 2.07 bits per heavy atom. The van der Waals surface area contributed by atoms with Crippen molar-refractivity contribution >= 4 is 23.5 Å². The van der Waals surface area contributed by atoms with E-state index in [1.165, 1.54) is 22.8 Å². The van der Waals surface area contributed by atoms with E-state index in [4.69, 9.17) is 0 Å². The van der Waals surface area contributed by atoms with Gasteiger partial charge in [0.1, 0.15) is 0 Å². The molecule has 1 aromatic carbocycles. The van der Waals surface area contributed by atoms with Crippen LogP contribution < -0.4 is 5.32 Å². The van der Waals surface area contributed by atoms with Crippen LogP contribution in [-0.2, 0) is 0 Å². The maximum Gasteiger partial charge on any atom is 0.0446 e. The van der Waals surface area contributed by atoms with Crippen LogP contribution in [0.15, 0.2) is 30.3 Å². The summed E-state index contributed by atoms with van der Waals surface area (Å²) in [6.45, 7) is 0. The van der Waals surface area contributed by atoms with Gasteiger partial charge in [-0.1, -0.05) is 30.3 Å². The van der Waals surface area contributed by atoms with Gasteiger partial charge in [0.25, 0.3) is 0 Å². The normalized spacial score (nSPS) is 23.7. The zero-order chi connectivity index (χ0) is 10.5. The van der Waals surface area contributed by atoms with Crippen LogP contribution in [0.3, 0.4) is 0 Å². The average molecular weight is 239 g/mol. The zero-order valence-corrected chi connectivity index (χ0v) is 10.6. The second-order valence-corrected chi connectivity index (χ2v) is 6.16. The minimum atomic E-state index is 0.504. The van der Waals surface area contributed by atoms with E-state index >= 15 is 0 Å². The molecule has 1 fully saturated rings. The summed E-state index contributed by atoms with van der Waals surface area (Å²) in [6.07, 6.45) is 0. The van der Waals surface area contributed by atoms with Crippen molar-refractivity contribution in [2.45, 2.75) is 11.3 Å². The van der Waals surface area contributed by atoms with Gasteiger partial charge in [0.15, 0.2) is 0 Å². The lowest BCUT2D eigenvalue weighted by atomic mass is 10.0. The van der Waals surface area contributed by atoms with Crippen molar-refractivity contribution in [1.29, 1.82) is 0 Å². The first-order valence-electron chi connectivity index (χ1n) is 5.33. The van der Waals surface area contributed by atoms with Crippen molar-refractivity contribution in [3.8, 4) is 0 Å². The topological polar surface area (TPSA) is 12.0 Å². The van der Waals surface area contributed by atoms with E-state index < -0.39 is 0 Å². The molecule has 1 aromatic rings. The fourth-order valence-electron chi connectivity index (χ4n) is 1.93. The van der Waals surface area contributed by atoms with Gasteiger partial charge < -0.3 is 5.32 Å². The summed E-state index contributed by atoms with van der Waals surface area (Å²) in [4.78, 5) is 0. The molecule has 1 nitrogen and oxygen atoms in total. The molecular formula is C12H17NS2.